The van der Waals surface area contributed by atoms with E-state index in [9.17, 15) is 9.18 Å². The molecular weight excluding hydrogens is 231 g/mol. The van der Waals surface area contributed by atoms with Crippen molar-refractivity contribution < 1.29 is 4.39 Å². The first-order chi connectivity index (χ1) is 8.65. The number of nitrogens with zero attached hydrogens (tertiary/aromatic N) is 1. The van der Waals surface area contributed by atoms with E-state index in [-0.39, 0.29) is 11.5 Å². The Hall–Kier alpha value is -2.36. The summed E-state index contributed by atoms with van der Waals surface area (Å²) in [7, 11) is 0. The first kappa shape index (κ1) is 10.8. The molecule has 0 aliphatic heterocycles. The summed E-state index contributed by atoms with van der Waals surface area (Å²) in [5.74, 6) is -0.317. The largest absolute Gasteiger partial charge is 0.331 e. The number of aromatic nitrogens is 2. The Kier molecular flexibility index (Phi) is 2.30. The van der Waals surface area contributed by atoms with Gasteiger partial charge < -0.3 is 4.98 Å². The van der Waals surface area contributed by atoms with Crippen LogP contribution in [-0.2, 0) is 0 Å². The molecule has 90 valence electrons. The third kappa shape index (κ3) is 1.62. The Balaban J connectivity index is 2.34. The molecule has 0 fully saturated rings. The van der Waals surface area contributed by atoms with E-state index in [2.05, 4.69) is 4.98 Å². The number of nitrogens with one attached hydrogen (secondary N) is 1. The van der Waals surface area contributed by atoms with Gasteiger partial charge >= 0.3 is 5.69 Å². The number of halogens is 1. The highest BCUT2D eigenvalue weighted by molar-refractivity contribution is 5.78. The SMILES string of the molecule is Cc1ccc2[nH]c(=O)n(-c3ccc(F)cc3)c2c1. The number of aryl methyl sites for hydroxylation is 1. The highest BCUT2D eigenvalue weighted by atomic mass is 19.1. The zero-order chi connectivity index (χ0) is 12.7. The molecule has 1 aromatic heterocycles. The summed E-state index contributed by atoms with van der Waals surface area (Å²) in [6.45, 7) is 1.96. The van der Waals surface area contributed by atoms with Gasteiger partial charge in [-0.1, -0.05) is 6.07 Å². The average Bonchev–Trinajstić information content (AvgIpc) is 2.66. The van der Waals surface area contributed by atoms with Crippen LogP contribution < -0.4 is 5.69 Å². The molecule has 3 aromatic rings. The molecule has 2 aromatic carbocycles. The molecule has 0 aliphatic rings. The predicted octanol–water partition coefficient (Wildman–Crippen LogP) is 2.77. The fourth-order valence-electron chi connectivity index (χ4n) is 2.06. The van der Waals surface area contributed by atoms with Gasteiger partial charge in [0.2, 0.25) is 0 Å². The van der Waals surface area contributed by atoms with Gasteiger partial charge in [0.05, 0.1) is 16.7 Å². The van der Waals surface area contributed by atoms with Crippen molar-refractivity contribution in [2.75, 3.05) is 0 Å². The van der Waals surface area contributed by atoms with Crippen LogP contribution in [-0.4, -0.2) is 9.55 Å². The summed E-state index contributed by atoms with van der Waals surface area (Å²) in [5.41, 5.74) is 3.07. The smallest absolute Gasteiger partial charge is 0.305 e. The van der Waals surface area contributed by atoms with E-state index in [0.717, 1.165) is 16.6 Å². The molecule has 1 N–H and O–H groups in total. The third-order valence-electron chi connectivity index (χ3n) is 2.92. The number of hydrogen-bond donors (Lipinski definition) is 1. The van der Waals surface area contributed by atoms with E-state index in [1.807, 2.05) is 25.1 Å². The second-order valence-corrected chi connectivity index (χ2v) is 4.26. The highest BCUT2D eigenvalue weighted by Gasteiger charge is 2.08. The van der Waals surface area contributed by atoms with Crippen LogP contribution in [0.1, 0.15) is 5.56 Å². The molecule has 0 bridgehead atoms. The van der Waals surface area contributed by atoms with Gasteiger partial charge in [-0.15, -0.1) is 0 Å². The van der Waals surface area contributed by atoms with Crippen LogP contribution in [0.4, 0.5) is 4.39 Å². The average molecular weight is 242 g/mol. The van der Waals surface area contributed by atoms with Gasteiger partial charge in [0, 0.05) is 0 Å². The van der Waals surface area contributed by atoms with Crippen molar-refractivity contribution >= 4 is 11.0 Å². The number of fused-ring (bicyclic) bond motifs is 1. The second kappa shape index (κ2) is 3.84. The lowest BCUT2D eigenvalue weighted by Crippen LogP contribution is -2.14. The first-order valence-electron chi connectivity index (χ1n) is 5.62. The number of hydrogen-bond acceptors (Lipinski definition) is 1. The van der Waals surface area contributed by atoms with Crippen LogP contribution in [0.15, 0.2) is 47.3 Å². The fraction of sp³-hybridized carbons (Fsp3) is 0.0714. The third-order valence-corrected chi connectivity index (χ3v) is 2.92. The van der Waals surface area contributed by atoms with E-state index in [4.69, 9.17) is 0 Å². The molecule has 18 heavy (non-hydrogen) atoms. The molecule has 3 rings (SSSR count). The van der Waals surface area contributed by atoms with Gasteiger partial charge in [-0.2, -0.15) is 0 Å². The van der Waals surface area contributed by atoms with Crippen LogP contribution in [0.3, 0.4) is 0 Å². The molecule has 0 atom stereocenters. The Morgan fingerprint density at radius 1 is 1.11 bits per heavy atom. The van der Waals surface area contributed by atoms with Gasteiger partial charge in [0.25, 0.3) is 0 Å². The Morgan fingerprint density at radius 3 is 2.56 bits per heavy atom. The van der Waals surface area contributed by atoms with Crippen LogP contribution in [0, 0.1) is 12.7 Å². The molecule has 0 radical (unpaired) electrons. The van der Waals surface area contributed by atoms with E-state index in [1.165, 1.54) is 12.1 Å². The molecule has 0 aliphatic carbocycles. The monoisotopic (exact) mass is 242 g/mol. The number of aromatic amines is 1. The molecule has 3 nitrogen and oxygen atoms in total. The molecule has 0 amide bonds. The summed E-state index contributed by atoms with van der Waals surface area (Å²) in [6, 6.07) is 11.6. The minimum absolute atomic E-state index is 0.220. The van der Waals surface area contributed by atoms with Crippen molar-refractivity contribution in [3.8, 4) is 5.69 Å². The maximum Gasteiger partial charge on any atom is 0.331 e. The fourth-order valence-corrected chi connectivity index (χ4v) is 2.06. The lowest BCUT2D eigenvalue weighted by atomic mass is 10.2. The van der Waals surface area contributed by atoms with Crippen molar-refractivity contribution in [1.29, 1.82) is 0 Å². The van der Waals surface area contributed by atoms with Crippen molar-refractivity contribution in [2.24, 2.45) is 0 Å². The lowest BCUT2D eigenvalue weighted by molar-refractivity contribution is 0.627. The maximum atomic E-state index is 12.9. The van der Waals surface area contributed by atoms with Crippen LogP contribution in [0.5, 0.6) is 0 Å². The number of rotatable bonds is 1. The summed E-state index contributed by atoms with van der Waals surface area (Å²) in [4.78, 5) is 14.7. The number of imidazole rings is 1. The van der Waals surface area contributed by atoms with Crippen molar-refractivity contribution in [3.05, 3.63) is 64.3 Å². The zero-order valence-electron chi connectivity index (χ0n) is 9.77. The zero-order valence-corrected chi connectivity index (χ0v) is 9.77. The maximum absolute atomic E-state index is 12.9. The van der Waals surface area contributed by atoms with E-state index in [0.29, 0.717) is 5.69 Å². The Bertz CT molecular complexity index is 769. The summed E-state index contributed by atoms with van der Waals surface area (Å²) >= 11 is 0. The van der Waals surface area contributed by atoms with Crippen LogP contribution in [0.2, 0.25) is 0 Å². The van der Waals surface area contributed by atoms with Crippen LogP contribution >= 0.6 is 0 Å². The van der Waals surface area contributed by atoms with Gasteiger partial charge in [-0.3, -0.25) is 4.57 Å². The molecule has 0 spiro atoms. The number of benzene rings is 2. The molecule has 0 unspecified atom stereocenters. The van der Waals surface area contributed by atoms with E-state index in [1.54, 1.807) is 16.7 Å². The topological polar surface area (TPSA) is 37.8 Å². The molecule has 4 heteroatoms. The van der Waals surface area contributed by atoms with Gasteiger partial charge in [-0.05, 0) is 48.9 Å². The van der Waals surface area contributed by atoms with Crippen molar-refractivity contribution in [3.63, 3.8) is 0 Å². The Labute approximate surface area is 103 Å². The summed E-state index contributed by atoms with van der Waals surface area (Å²) in [5, 5.41) is 0. The molecular formula is C14H11FN2O. The van der Waals surface area contributed by atoms with Gasteiger partial charge in [0.1, 0.15) is 5.82 Å². The highest BCUT2D eigenvalue weighted by Crippen LogP contribution is 2.17. The minimum Gasteiger partial charge on any atom is -0.305 e. The van der Waals surface area contributed by atoms with Crippen molar-refractivity contribution in [2.45, 2.75) is 6.92 Å². The van der Waals surface area contributed by atoms with Crippen LogP contribution in [0.25, 0.3) is 16.7 Å². The number of H-pyrrole nitrogens is 1. The summed E-state index contributed by atoms with van der Waals surface area (Å²) in [6.07, 6.45) is 0. The first-order valence-corrected chi connectivity index (χ1v) is 5.62. The van der Waals surface area contributed by atoms with E-state index >= 15 is 0 Å². The normalized spacial score (nSPS) is 11.0. The lowest BCUT2D eigenvalue weighted by Gasteiger charge is -2.03. The van der Waals surface area contributed by atoms with Gasteiger partial charge in [0.15, 0.2) is 0 Å². The summed E-state index contributed by atoms with van der Waals surface area (Å²) < 4.78 is 14.5. The Morgan fingerprint density at radius 2 is 1.83 bits per heavy atom. The second-order valence-electron chi connectivity index (χ2n) is 4.26. The molecule has 0 saturated carbocycles. The standard InChI is InChI=1S/C14H11FN2O/c1-9-2-7-12-13(8-9)17(14(18)16-12)11-5-3-10(15)4-6-11/h2-8H,1H3,(H,16,18). The van der Waals surface area contributed by atoms with Gasteiger partial charge in [-0.25, -0.2) is 9.18 Å². The molecule has 1 heterocycles. The predicted molar refractivity (Wildman–Crippen MR) is 68.6 cm³/mol. The van der Waals surface area contributed by atoms with E-state index < -0.39 is 0 Å². The van der Waals surface area contributed by atoms with Crippen molar-refractivity contribution in [1.82, 2.24) is 9.55 Å². The molecule has 0 saturated heterocycles. The minimum atomic E-state index is -0.317. The quantitative estimate of drug-likeness (QED) is 0.700.